The van der Waals surface area contributed by atoms with E-state index in [9.17, 15) is 4.79 Å². The third kappa shape index (κ3) is 4.37. The summed E-state index contributed by atoms with van der Waals surface area (Å²) >= 11 is 0. The first-order chi connectivity index (χ1) is 10.4. The van der Waals surface area contributed by atoms with E-state index in [2.05, 4.69) is 5.32 Å². The molecule has 0 bridgehead atoms. The molecule has 3 rings (SSSR count). The summed E-state index contributed by atoms with van der Waals surface area (Å²) in [5, 5.41) is 3.67. The lowest BCUT2D eigenvalue weighted by molar-refractivity contribution is 0.0226. The van der Waals surface area contributed by atoms with Crippen molar-refractivity contribution in [3.8, 4) is 0 Å². The molecule has 0 radical (unpaired) electrons. The van der Waals surface area contributed by atoms with E-state index in [1.165, 1.54) is 25.7 Å². The smallest absolute Gasteiger partial charge is 0.410 e. The van der Waals surface area contributed by atoms with E-state index in [1.807, 2.05) is 25.7 Å². The van der Waals surface area contributed by atoms with Crippen molar-refractivity contribution in [2.45, 2.75) is 70.9 Å². The fraction of sp³-hybridized carbons (Fsp3) is 0.944. The second-order valence-electron chi connectivity index (χ2n) is 8.47. The van der Waals surface area contributed by atoms with Crippen LogP contribution >= 0.6 is 0 Å². The van der Waals surface area contributed by atoms with Crippen molar-refractivity contribution in [3.63, 3.8) is 0 Å². The zero-order valence-corrected chi connectivity index (χ0v) is 14.4. The number of ether oxygens (including phenoxy) is 1. The molecule has 3 fully saturated rings. The average Bonchev–Trinajstić information content (AvgIpc) is 3.32. The number of hydrogen-bond acceptors (Lipinski definition) is 3. The van der Waals surface area contributed by atoms with Crippen molar-refractivity contribution in [2.75, 3.05) is 19.6 Å². The molecule has 22 heavy (non-hydrogen) atoms. The van der Waals surface area contributed by atoms with Crippen LogP contribution in [0, 0.1) is 17.8 Å². The molecule has 4 heteroatoms. The summed E-state index contributed by atoms with van der Waals surface area (Å²) in [6.07, 6.45) is 7.82. The van der Waals surface area contributed by atoms with Crippen molar-refractivity contribution in [2.24, 2.45) is 17.8 Å². The number of carbonyl (C=O) groups excluding carboxylic acids is 1. The molecule has 1 aliphatic heterocycles. The summed E-state index contributed by atoms with van der Waals surface area (Å²) in [5.41, 5.74) is -0.402. The number of rotatable bonds is 6. The Morgan fingerprint density at radius 1 is 1.18 bits per heavy atom. The van der Waals surface area contributed by atoms with Crippen molar-refractivity contribution in [1.82, 2.24) is 10.2 Å². The van der Waals surface area contributed by atoms with Gasteiger partial charge in [0.1, 0.15) is 5.60 Å². The molecule has 1 atom stereocenters. The lowest BCUT2D eigenvalue weighted by Crippen LogP contribution is -2.45. The average molecular weight is 308 g/mol. The topological polar surface area (TPSA) is 41.6 Å². The molecule has 1 saturated heterocycles. The molecule has 0 aromatic heterocycles. The maximum Gasteiger partial charge on any atom is 0.410 e. The Morgan fingerprint density at radius 3 is 2.36 bits per heavy atom. The Hall–Kier alpha value is -0.770. The predicted octanol–water partition coefficient (Wildman–Crippen LogP) is 3.41. The SMILES string of the molecule is CC(C)(C)OC(=O)N1CCCC1CNCC(C1CC1)C1CC1. The first kappa shape index (κ1) is 16.1. The zero-order valence-electron chi connectivity index (χ0n) is 14.4. The van der Waals surface area contributed by atoms with E-state index in [-0.39, 0.29) is 6.09 Å². The molecule has 2 aliphatic carbocycles. The highest BCUT2D eigenvalue weighted by Crippen LogP contribution is 2.48. The molecule has 4 nitrogen and oxygen atoms in total. The van der Waals surface area contributed by atoms with E-state index in [4.69, 9.17) is 4.74 Å². The van der Waals surface area contributed by atoms with Gasteiger partial charge in [-0.15, -0.1) is 0 Å². The number of amides is 1. The second kappa shape index (κ2) is 6.38. The molecule has 3 aliphatic rings. The predicted molar refractivity (Wildman–Crippen MR) is 87.8 cm³/mol. The molecule has 0 spiro atoms. The van der Waals surface area contributed by atoms with Crippen LogP contribution in [0.4, 0.5) is 4.79 Å². The minimum absolute atomic E-state index is 0.141. The van der Waals surface area contributed by atoms with Gasteiger partial charge in [0.05, 0.1) is 0 Å². The fourth-order valence-corrected chi connectivity index (χ4v) is 3.79. The molecule has 2 saturated carbocycles. The van der Waals surface area contributed by atoms with E-state index < -0.39 is 5.60 Å². The molecule has 1 amide bonds. The number of nitrogens with one attached hydrogen (secondary N) is 1. The third-order valence-electron chi connectivity index (χ3n) is 5.22. The standard InChI is InChI=1S/C18H32N2O2/c1-18(2,3)22-17(21)20-10-4-5-15(20)11-19-12-16(13-6-7-13)14-8-9-14/h13-16,19H,4-12H2,1-3H3. The van der Waals surface area contributed by atoms with Crippen LogP contribution in [0.5, 0.6) is 0 Å². The van der Waals surface area contributed by atoms with Gasteiger partial charge in [0.2, 0.25) is 0 Å². The normalized spacial score (nSPS) is 25.8. The van der Waals surface area contributed by atoms with Gasteiger partial charge >= 0.3 is 6.09 Å². The van der Waals surface area contributed by atoms with Crippen molar-refractivity contribution >= 4 is 6.09 Å². The number of likely N-dealkylation sites (tertiary alicyclic amines) is 1. The quantitative estimate of drug-likeness (QED) is 0.817. The van der Waals surface area contributed by atoms with Crippen LogP contribution in [0.3, 0.4) is 0 Å². The highest BCUT2D eigenvalue weighted by atomic mass is 16.6. The van der Waals surface area contributed by atoms with Crippen molar-refractivity contribution in [3.05, 3.63) is 0 Å². The van der Waals surface area contributed by atoms with E-state index >= 15 is 0 Å². The van der Waals surface area contributed by atoms with E-state index in [0.29, 0.717) is 6.04 Å². The van der Waals surface area contributed by atoms with Gasteiger partial charge in [-0.1, -0.05) is 0 Å². The summed E-state index contributed by atoms with van der Waals surface area (Å²) in [6.45, 7) is 8.72. The lowest BCUT2D eigenvalue weighted by Gasteiger charge is -2.29. The first-order valence-electron chi connectivity index (χ1n) is 9.14. The van der Waals surface area contributed by atoms with Crippen LogP contribution in [0.2, 0.25) is 0 Å². The van der Waals surface area contributed by atoms with Crippen LogP contribution in [0.1, 0.15) is 59.3 Å². The van der Waals surface area contributed by atoms with Crippen LogP contribution in [-0.2, 0) is 4.74 Å². The van der Waals surface area contributed by atoms with Gasteiger partial charge in [-0.3, -0.25) is 0 Å². The lowest BCUT2D eigenvalue weighted by atomic mass is 9.98. The molecule has 0 aromatic carbocycles. The number of hydrogen-bond donors (Lipinski definition) is 1. The van der Waals surface area contributed by atoms with Crippen LogP contribution < -0.4 is 5.32 Å². The van der Waals surface area contributed by atoms with Gasteiger partial charge < -0.3 is 15.0 Å². The minimum atomic E-state index is -0.402. The summed E-state index contributed by atoms with van der Waals surface area (Å²) in [6, 6.07) is 0.314. The first-order valence-corrected chi connectivity index (χ1v) is 9.14. The molecule has 0 aromatic rings. The summed E-state index contributed by atoms with van der Waals surface area (Å²) in [7, 11) is 0. The number of nitrogens with zero attached hydrogens (tertiary/aromatic N) is 1. The molecular weight excluding hydrogens is 276 g/mol. The van der Waals surface area contributed by atoms with Gasteiger partial charge in [-0.2, -0.15) is 0 Å². The number of carbonyl (C=O) groups is 1. The van der Waals surface area contributed by atoms with Crippen molar-refractivity contribution in [1.29, 1.82) is 0 Å². The van der Waals surface area contributed by atoms with Crippen molar-refractivity contribution < 1.29 is 9.53 Å². The van der Waals surface area contributed by atoms with Gasteiger partial charge in [-0.25, -0.2) is 4.79 Å². The van der Waals surface area contributed by atoms with Gasteiger partial charge in [-0.05, 0) is 83.6 Å². The second-order valence-corrected chi connectivity index (χ2v) is 8.47. The van der Waals surface area contributed by atoms with E-state index in [1.54, 1.807) is 0 Å². The monoisotopic (exact) mass is 308 g/mol. The largest absolute Gasteiger partial charge is 0.444 e. The highest BCUT2D eigenvalue weighted by molar-refractivity contribution is 5.69. The molecule has 1 unspecified atom stereocenters. The fourth-order valence-electron chi connectivity index (χ4n) is 3.79. The Kier molecular flexibility index (Phi) is 4.67. The third-order valence-corrected chi connectivity index (χ3v) is 5.22. The van der Waals surface area contributed by atoms with E-state index in [0.717, 1.165) is 50.2 Å². The van der Waals surface area contributed by atoms with Crippen LogP contribution in [0.25, 0.3) is 0 Å². The van der Waals surface area contributed by atoms with Gasteiger partial charge in [0, 0.05) is 19.1 Å². The van der Waals surface area contributed by atoms with Crippen LogP contribution in [-0.4, -0.2) is 42.3 Å². The minimum Gasteiger partial charge on any atom is -0.444 e. The maximum atomic E-state index is 12.3. The molecule has 1 N–H and O–H groups in total. The Morgan fingerprint density at radius 2 is 1.82 bits per heavy atom. The Labute approximate surface area is 135 Å². The summed E-state index contributed by atoms with van der Waals surface area (Å²) < 4.78 is 5.53. The highest BCUT2D eigenvalue weighted by Gasteiger charge is 2.41. The Balaban J connectivity index is 1.43. The molecule has 126 valence electrons. The molecule has 1 heterocycles. The molecular formula is C18H32N2O2. The summed E-state index contributed by atoms with van der Waals surface area (Å²) in [4.78, 5) is 14.2. The maximum absolute atomic E-state index is 12.3. The van der Waals surface area contributed by atoms with Crippen LogP contribution in [0.15, 0.2) is 0 Å². The zero-order chi connectivity index (χ0) is 15.7. The summed E-state index contributed by atoms with van der Waals surface area (Å²) in [5.74, 6) is 2.88. The Bertz CT molecular complexity index is 384. The van der Waals surface area contributed by atoms with Gasteiger partial charge in [0.25, 0.3) is 0 Å². The van der Waals surface area contributed by atoms with Gasteiger partial charge in [0.15, 0.2) is 0 Å².